The van der Waals surface area contributed by atoms with Crippen LogP contribution in [0.5, 0.6) is 0 Å². The van der Waals surface area contributed by atoms with Crippen molar-refractivity contribution in [3.8, 4) is 11.5 Å². The molecule has 4 nitrogen and oxygen atoms in total. The summed E-state index contributed by atoms with van der Waals surface area (Å²) in [4.78, 5) is 4.62. The lowest BCUT2D eigenvalue weighted by atomic mass is 10.1. The third kappa shape index (κ3) is 3.08. The van der Waals surface area contributed by atoms with Gasteiger partial charge >= 0.3 is 0 Å². The van der Waals surface area contributed by atoms with Crippen molar-refractivity contribution in [1.29, 1.82) is 0 Å². The van der Waals surface area contributed by atoms with Gasteiger partial charge in [0.2, 0.25) is 5.89 Å². The second-order valence-corrected chi connectivity index (χ2v) is 6.25. The fraction of sp³-hybridized carbons (Fsp3) is 0.190. The summed E-state index contributed by atoms with van der Waals surface area (Å²) in [5.74, 6) is 2.25. The summed E-state index contributed by atoms with van der Waals surface area (Å²) < 4.78 is 11.7. The lowest BCUT2D eigenvalue weighted by molar-refractivity contribution is 0.199. The van der Waals surface area contributed by atoms with Crippen molar-refractivity contribution >= 4 is 11.0 Å². The lowest BCUT2D eigenvalue weighted by Gasteiger charge is -2.02. The van der Waals surface area contributed by atoms with E-state index in [0.29, 0.717) is 12.3 Å². The zero-order valence-electron chi connectivity index (χ0n) is 14.2. The van der Waals surface area contributed by atoms with Gasteiger partial charge in [-0.05, 0) is 49.7 Å². The van der Waals surface area contributed by atoms with Crippen molar-refractivity contribution in [1.82, 2.24) is 4.98 Å². The molecule has 4 rings (SSSR count). The first kappa shape index (κ1) is 15.7. The normalized spacial score (nSPS) is 12.6. The minimum Gasteiger partial charge on any atom is -0.461 e. The molecule has 2 aromatic carbocycles. The van der Waals surface area contributed by atoms with Crippen LogP contribution in [0, 0.1) is 6.92 Å². The molecule has 1 N–H and O–H groups in total. The maximum absolute atomic E-state index is 9.72. The first-order chi connectivity index (χ1) is 12.1. The molecule has 0 spiro atoms. The topological polar surface area (TPSA) is 59.4 Å². The highest BCUT2D eigenvalue weighted by molar-refractivity contribution is 5.79. The molecule has 4 aromatic rings. The number of hydrogen-bond acceptors (Lipinski definition) is 4. The van der Waals surface area contributed by atoms with E-state index in [1.165, 1.54) is 0 Å². The Morgan fingerprint density at radius 2 is 1.84 bits per heavy atom. The largest absolute Gasteiger partial charge is 0.461 e. The summed E-state index contributed by atoms with van der Waals surface area (Å²) in [6, 6.07) is 17.6. The average molecular weight is 333 g/mol. The summed E-state index contributed by atoms with van der Waals surface area (Å²) in [6.07, 6.45) is 0.0786. The molecule has 4 heteroatoms. The van der Waals surface area contributed by atoms with Crippen LogP contribution in [-0.2, 0) is 6.42 Å². The molecule has 2 heterocycles. The van der Waals surface area contributed by atoms with Crippen molar-refractivity contribution in [3.05, 3.63) is 77.4 Å². The molecule has 0 radical (unpaired) electrons. The van der Waals surface area contributed by atoms with Crippen LogP contribution < -0.4 is 0 Å². The fourth-order valence-electron chi connectivity index (χ4n) is 2.93. The molecule has 2 aromatic heterocycles. The van der Waals surface area contributed by atoms with Crippen molar-refractivity contribution in [2.75, 3.05) is 0 Å². The van der Waals surface area contributed by atoms with Crippen LogP contribution >= 0.6 is 0 Å². The van der Waals surface area contributed by atoms with E-state index >= 15 is 0 Å². The summed E-state index contributed by atoms with van der Waals surface area (Å²) >= 11 is 0. The van der Waals surface area contributed by atoms with E-state index in [-0.39, 0.29) is 0 Å². The van der Waals surface area contributed by atoms with Gasteiger partial charge in [-0.25, -0.2) is 4.98 Å². The number of hydrogen-bond donors (Lipinski definition) is 1. The molecule has 1 unspecified atom stereocenters. The molecular weight excluding hydrogens is 314 g/mol. The summed E-state index contributed by atoms with van der Waals surface area (Å²) in [5, 5.41) is 10.7. The van der Waals surface area contributed by atoms with E-state index in [0.717, 1.165) is 39.3 Å². The van der Waals surface area contributed by atoms with Crippen molar-refractivity contribution < 1.29 is 13.9 Å². The molecule has 126 valence electrons. The third-order valence-electron chi connectivity index (χ3n) is 4.33. The Labute approximate surface area is 145 Å². The predicted octanol–water partition coefficient (Wildman–Crippen LogP) is 5.04. The first-order valence-electron chi connectivity index (χ1n) is 8.32. The zero-order chi connectivity index (χ0) is 17.4. The second-order valence-electron chi connectivity index (χ2n) is 6.25. The number of furan rings is 1. The number of rotatable bonds is 4. The SMILES string of the molecule is Cc1oc(-c2ccccc2)nc1Cc1cc2cc(C(C)O)ccc2o1. The first-order valence-corrected chi connectivity index (χ1v) is 8.32. The number of aliphatic hydroxyl groups is 1. The van der Waals surface area contributed by atoms with E-state index in [4.69, 9.17) is 8.83 Å². The van der Waals surface area contributed by atoms with Gasteiger partial charge in [-0.3, -0.25) is 0 Å². The lowest BCUT2D eigenvalue weighted by Crippen LogP contribution is -1.89. The number of aliphatic hydroxyl groups excluding tert-OH is 1. The maximum Gasteiger partial charge on any atom is 0.226 e. The Kier molecular flexibility index (Phi) is 3.90. The van der Waals surface area contributed by atoms with Crippen LogP contribution in [0.1, 0.15) is 35.8 Å². The highest BCUT2D eigenvalue weighted by atomic mass is 16.4. The van der Waals surface area contributed by atoms with Crippen molar-refractivity contribution in [2.45, 2.75) is 26.4 Å². The average Bonchev–Trinajstić information content (AvgIpc) is 3.18. The van der Waals surface area contributed by atoms with Crippen molar-refractivity contribution in [2.24, 2.45) is 0 Å². The number of fused-ring (bicyclic) bond motifs is 1. The van der Waals surface area contributed by atoms with Crippen molar-refractivity contribution in [3.63, 3.8) is 0 Å². The number of benzene rings is 2. The van der Waals surface area contributed by atoms with E-state index < -0.39 is 6.10 Å². The van der Waals surface area contributed by atoms with E-state index in [1.54, 1.807) is 6.92 Å². The van der Waals surface area contributed by atoms with Gasteiger partial charge in [-0.1, -0.05) is 24.3 Å². The van der Waals surface area contributed by atoms with Gasteiger partial charge in [0, 0.05) is 10.9 Å². The van der Waals surface area contributed by atoms with Crippen LogP contribution in [0.15, 0.2) is 63.4 Å². The highest BCUT2D eigenvalue weighted by Gasteiger charge is 2.14. The van der Waals surface area contributed by atoms with Gasteiger partial charge in [0.25, 0.3) is 0 Å². The van der Waals surface area contributed by atoms with Crippen LogP contribution in [0.25, 0.3) is 22.4 Å². The maximum atomic E-state index is 9.72. The third-order valence-corrected chi connectivity index (χ3v) is 4.33. The van der Waals surface area contributed by atoms with E-state index in [2.05, 4.69) is 4.98 Å². The molecule has 25 heavy (non-hydrogen) atoms. The highest BCUT2D eigenvalue weighted by Crippen LogP contribution is 2.27. The number of nitrogens with zero attached hydrogens (tertiary/aromatic N) is 1. The molecule has 0 amide bonds. The minimum absolute atomic E-state index is 0.492. The second kappa shape index (κ2) is 6.22. The van der Waals surface area contributed by atoms with Crippen LogP contribution in [0.4, 0.5) is 0 Å². The summed E-state index contributed by atoms with van der Waals surface area (Å²) in [7, 11) is 0. The Morgan fingerprint density at radius 1 is 1.04 bits per heavy atom. The molecule has 0 saturated heterocycles. The summed E-state index contributed by atoms with van der Waals surface area (Å²) in [5.41, 5.74) is 3.52. The molecule has 0 bridgehead atoms. The zero-order valence-corrected chi connectivity index (χ0v) is 14.2. The fourth-order valence-corrected chi connectivity index (χ4v) is 2.93. The molecule has 0 saturated carbocycles. The molecular formula is C21H19NO3. The molecule has 0 aliphatic rings. The van der Waals surface area contributed by atoms with Gasteiger partial charge < -0.3 is 13.9 Å². The number of aryl methyl sites for hydroxylation is 1. The van der Waals surface area contributed by atoms with Crippen LogP contribution in [0.2, 0.25) is 0 Å². The van der Waals surface area contributed by atoms with E-state index in [9.17, 15) is 5.11 Å². The van der Waals surface area contributed by atoms with Gasteiger partial charge in [0.1, 0.15) is 17.1 Å². The van der Waals surface area contributed by atoms with E-state index in [1.807, 2.05) is 61.5 Å². The van der Waals surface area contributed by atoms with Crippen LogP contribution in [-0.4, -0.2) is 10.1 Å². The quantitative estimate of drug-likeness (QED) is 0.568. The Bertz CT molecular complexity index is 1010. The Hall–Kier alpha value is -2.85. The standard InChI is InChI=1S/C21H19NO3/c1-13(23)16-8-9-20-17(10-16)11-18(25-20)12-19-14(2)24-21(22-19)15-6-4-3-5-7-15/h3-11,13,23H,12H2,1-2H3. The van der Waals surface area contributed by atoms with Gasteiger partial charge in [-0.15, -0.1) is 0 Å². The van der Waals surface area contributed by atoms with Gasteiger partial charge in [0.05, 0.1) is 18.2 Å². The Balaban J connectivity index is 1.64. The van der Waals surface area contributed by atoms with Crippen LogP contribution in [0.3, 0.4) is 0 Å². The van der Waals surface area contributed by atoms with Gasteiger partial charge in [0.15, 0.2) is 0 Å². The molecule has 0 aliphatic carbocycles. The predicted molar refractivity (Wildman–Crippen MR) is 96.3 cm³/mol. The molecule has 1 atom stereocenters. The molecule has 0 fully saturated rings. The Morgan fingerprint density at radius 3 is 2.60 bits per heavy atom. The monoisotopic (exact) mass is 333 g/mol. The summed E-state index contributed by atoms with van der Waals surface area (Å²) in [6.45, 7) is 3.68. The number of aromatic nitrogens is 1. The smallest absolute Gasteiger partial charge is 0.226 e. The molecule has 0 aliphatic heterocycles. The van der Waals surface area contributed by atoms with Gasteiger partial charge in [-0.2, -0.15) is 0 Å². The number of oxazole rings is 1. The minimum atomic E-state index is -0.492.